The monoisotopic (exact) mass is 328 g/mol. The highest BCUT2D eigenvalue weighted by atomic mass is 16.2. The van der Waals surface area contributed by atoms with E-state index in [1.165, 1.54) is 6.20 Å². The summed E-state index contributed by atoms with van der Waals surface area (Å²) in [4.78, 5) is 30.2. The summed E-state index contributed by atoms with van der Waals surface area (Å²) >= 11 is 0. The Balaban J connectivity index is 1.64. The molecule has 3 heterocycles. The molecule has 1 aliphatic rings. The van der Waals surface area contributed by atoms with Crippen LogP contribution in [-0.2, 0) is 11.8 Å². The fraction of sp³-hybridized carbons (Fsp3) is 0.375. The average molecular weight is 328 g/mol. The number of pyridine rings is 1. The lowest BCUT2D eigenvalue weighted by atomic mass is 10.2. The van der Waals surface area contributed by atoms with Crippen LogP contribution in [0.3, 0.4) is 0 Å². The van der Waals surface area contributed by atoms with E-state index in [4.69, 9.17) is 0 Å². The van der Waals surface area contributed by atoms with Crippen LogP contribution in [0.5, 0.6) is 0 Å². The first-order valence-electron chi connectivity index (χ1n) is 7.89. The summed E-state index contributed by atoms with van der Waals surface area (Å²) in [5, 5.41) is 9.95. The van der Waals surface area contributed by atoms with E-state index in [1.54, 1.807) is 27.9 Å². The van der Waals surface area contributed by atoms with E-state index in [-0.39, 0.29) is 17.9 Å². The standard InChI is InChI=1S/C16H20N6O2/c1-3-17-15(23)11-4-5-14(18-8-11)20-13-6-7-22(16(13)24)12-9-19-21(2)10-12/h4-5,8-10,13H,3,6-7H2,1-2H3,(H,17,23)(H,18,20). The predicted molar refractivity (Wildman–Crippen MR) is 89.8 cm³/mol. The minimum absolute atomic E-state index is 0.00222. The van der Waals surface area contributed by atoms with Crippen molar-refractivity contribution < 1.29 is 9.59 Å². The lowest BCUT2D eigenvalue weighted by Gasteiger charge is -2.15. The van der Waals surface area contributed by atoms with E-state index >= 15 is 0 Å². The van der Waals surface area contributed by atoms with E-state index < -0.39 is 0 Å². The highest BCUT2D eigenvalue weighted by Gasteiger charge is 2.33. The molecule has 2 amide bonds. The number of carbonyl (C=O) groups is 2. The van der Waals surface area contributed by atoms with Gasteiger partial charge in [0.25, 0.3) is 5.91 Å². The van der Waals surface area contributed by atoms with Gasteiger partial charge in [-0.2, -0.15) is 5.10 Å². The molecule has 126 valence electrons. The van der Waals surface area contributed by atoms with Crippen molar-refractivity contribution in [3.63, 3.8) is 0 Å². The van der Waals surface area contributed by atoms with E-state index in [9.17, 15) is 9.59 Å². The maximum absolute atomic E-state index is 12.5. The molecule has 0 aliphatic carbocycles. The molecule has 0 radical (unpaired) electrons. The summed E-state index contributed by atoms with van der Waals surface area (Å²) in [6.45, 7) is 3.07. The van der Waals surface area contributed by atoms with E-state index in [0.717, 1.165) is 5.69 Å². The first-order chi connectivity index (χ1) is 11.6. The molecular formula is C16H20N6O2. The molecule has 0 spiro atoms. The van der Waals surface area contributed by atoms with Gasteiger partial charge in [0.05, 0.1) is 17.4 Å². The second-order valence-corrected chi connectivity index (χ2v) is 5.64. The topological polar surface area (TPSA) is 92.2 Å². The highest BCUT2D eigenvalue weighted by molar-refractivity contribution is 6.00. The minimum atomic E-state index is -0.326. The number of amides is 2. The first kappa shape index (κ1) is 16.0. The van der Waals surface area contributed by atoms with Crippen molar-refractivity contribution in [3.8, 4) is 0 Å². The van der Waals surface area contributed by atoms with Crippen molar-refractivity contribution in [1.29, 1.82) is 0 Å². The van der Waals surface area contributed by atoms with Gasteiger partial charge in [0, 0.05) is 32.5 Å². The summed E-state index contributed by atoms with van der Waals surface area (Å²) in [6.07, 6.45) is 5.69. The highest BCUT2D eigenvalue weighted by Crippen LogP contribution is 2.22. The molecule has 8 heteroatoms. The van der Waals surface area contributed by atoms with Crippen LogP contribution >= 0.6 is 0 Å². The third-order valence-corrected chi connectivity index (χ3v) is 3.89. The van der Waals surface area contributed by atoms with Crippen LogP contribution in [0.25, 0.3) is 0 Å². The van der Waals surface area contributed by atoms with Crippen LogP contribution < -0.4 is 15.5 Å². The number of nitrogens with zero attached hydrogens (tertiary/aromatic N) is 4. The van der Waals surface area contributed by atoms with Gasteiger partial charge in [0.15, 0.2) is 0 Å². The number of anilines is 2. The van der Waals surface area contributed by atoms with Gasteiger partial charge in [0.2, 0.25) is 5.91 Å². The molecule has 8 nitrogen and oxygen atoms in total. The quantitative estimate of drug-likeness (QED) is 0.846. The normalized spacial score (nSPS) is 17.2. The van der Waals surface area contributed by atoms with E-state index in [2.05, 4.69) is 20.7 Å². The Kier molecular flexibility index (Phi) is 4.45. The number of rotatable bonds is 5. The molecule has 0 saturated carbocycles. The lowest BCUT2D eigenvalue weighted by Crippen LogP contribution is -2.33. The van der Waals surface area contributed by atoms with Gasteiger partial charge < -0.3 is 15.5 Å². The van der Waals surface area contributed by atoms with Crippen molar-refractivity contribution in [2.45, 2.75) is 19.4 Å². The van der Waals surface area contributed by atoms with Crippen LogP contribution in [0.2, 0.25) is 0 Å². The van der Waals surface area contributed by atoms with Crippen LogP contribution in [0, 0.1) is 0 Å². The molecule has 2 aromatic rings. The lowest BCUT2D eigenvalue weighted by molar-refractivity contribution is -0.117. The van der Waals surface area contributed by atoms with Crippen LogP contribution in [0.15, 0.2) is 30.7 Å². The Morgan fingerprint density at radius 3 is 2.83 bits per heavy atom. The van der Waals surface area contributed by atoms with Gasteiger partial charge in [-0.1, -0.05) is 0 Å². The van der Waals surface area contributed by atoms with Gasteiger partial charge in [-0.15, -0.1) is 0 Å². The molecule has 2 N–H and O–H groups in total. The smallest absolute Gasteiger partial charge is 0.252 e. The Bertz CT molecular complexity index is 739. The van der Waals surface area contributed by atoms with Crippen molar-refractivity contribution in [2.75, 3.05) is 23.3 Å². The predicted octanol–water partition coefficient (Wildman–Crippen LogP) is 0.782. The molecular weight excluding hydrogens is 308 g/mol. The summed E-state index contributed by atoms with van der Waals surface area (Å²) < 4.78 is 1.67. The zero-order valence-electron chi connectivity index (χ0n) is 13.7. The van der Waals surface area contributed by atoms with Crippen molar-refractivity contribution in [1.82, 2.24) is 20.1 Å². The number of aromatic nitrogens is 3. The number of carbonyl (C=O) groups excluding carboxylic acids is 2. The van der Waals surface area contributed by atoms with Crippen molar-refractivity contribution in [3.05, 3.63) is 36.3 Å². The van der Waals surface area contributed by atoms with Gasteiger partial charge >= 0.3 is 0 Å². The number of hydrogen-bond donors (Lipinski definition) is 2. The summed E-state index contributed by atoms with van der Waals surface area (Å²) in [5.41, 5.74) is 1.29. The van der Waals surface area contributed by atoms with Gasteiger partial charge in [-0.25, -0.2) is 4.98 Å². The largest absolute Gasteiger partial charge is 0.358 e. The SMILES string of the molecule is CCNC(=O)c1ccc(NC2CCN(c3cnn(C)c3)C2=O)nc1. The molecule has 1 unspecified atom stereocenters. The average Bonchev–Trinajstić information content (AvgIpc) is 3.15. The molecule has 1 atom stereocenters. The van der Waals surface area contributed by atoms with Crippen molar-refractivity contribution >= 4 is 23.3 Å². The van der Waals surface area contributed by atoms with Gasteiger partial charge in [-0.05, 0) is 25.5 Å². The second-order valence-electron chi connectivity index (χ2n) is 5.64. The molecule has 2 aromatic heterocycles. The third kappa shape index (κ3) is 3.22. The second kappa shape index (κ2) is 6.69. The fourth-order valence-electron chi connectivity index (χ4n) is 2.67. The zero-order valence-corrected chi connectivity index (χ0v) is 13.7. The van der Waals surface area contributed by atoms with Crippen LogP contribution in [0.1, 0.15) is 23.7 Å². The van der Waals surface area contributed by atoms with Crippen LogP contribution in [-0.4, -0.2) is 45.7 Å². The number of nitrogens with one attached hydrogen (secondary N) is 2. The maximum atomic E-state index is 12.5. The molecule has 0 aromatic carbocycles. The molecule has 0 bridgehead atoms. The molecule has 3 rings (SSSR count). The van der Waals surface area contributed by atoms with Gasteiger partial charge in [-0.3, -0.25) is 14.3 Å². The van der Waals surface area contributed by atoms with E-state index in [0.29, 0.717) is 30.9 Å². The number of aryl methyl sites for hydroxylation is 1. The minimum Gasteiger partial charge on any atom is -0.358 e. The summed E-state index contributed by atoms with van der Waals surface area (Å²) in [5.74, 6) is 0.420. The summed E-state index contributed by atoms with van der Waals surface area (Å²) in [7, 11) is 1.82. The Morgan fingerprint density at radius 2 is 2.21 bits per heavy atom. The Hall–Kier alpha value is -2.90. The molecule has 1 aliphatic heterocycles. The van der Waals surface area contributed by atoms with Gasteiger partial charge in [0.1, 0.15) is 11.9 Å². The third-order valence-electron chi connectivity index (χ3n) is 3.89. The van der Waals surface area contributed by atoms with Crippen molar-refractivity contribution in [2.24, 2.45) is 7.05 Å². The Morgan fingerprint density at radius 1 is 1.38 bits per heavy atom. The summed E-state index contributed by atoms with van der Waals surface area (Å²) in [6, 6.07) is 3.08. The molecule has 1 saturated heterocycles. The zero-order chi connectivity index (χ0) is 17.1. The Labute approximate surface area is 139 Å². The van der Waals surface area contributed by atoms with E-state index in [1.807, 2.05) is 20.2 Å². The number of hydrogen-bond acceptors (Lipinski definition) is 5. The first-order valence-corrected chi connectivity index (χ1v) is 7.89. The maximum Gasteiger partial charge on any atom is 0.252 e. The molecule has 1 fully saturated rings. The van der Waals surface area contributed by atoms with Crippen LogP contribution in [0.4, 0.5) is 11.5 Å². The fourth-order valence-corrected chi connectivity index (χ4v) is 2.67. The molecule has 24 heavy (non-hydrogen) atoms.